The molecule has 32 heavy (non-hydrogen) atoms. The molecule has 1 amide bonds. The maximum absolute atomic E-state index is 11.9. The highest BCUT2D eigenvalue weighted by atomic mass is 32.2. The van der Waals surface area contributed by atoms with E-state index < -0.39 is 0 Å². The minimum Gasteiger partial charge on any atom is -0.473 e. The van der Waals surface area contributed by atoms with E-state index >= 15 is 0 Å². The summed E-state index contributed by atoms with van der Waals surface area (Å²) < 4.78 is 5.73. The zero-order valence-corrected chi connectivity index (χ0v) is 19.6. The van der Waals surface area contributed by atoms with Crippen LogP contribution >= 0.6 is 11.8 Å². The molecule has 1 aliphatic rings. The van der Waals surface area contributed by atoms with Gasteiger partial charge in [-0.1, -0.05) is 24.3 Å². The number of aryl methyl sites for hydroxylation is 1. The van der Waals surface area contributed by atoms with Crippen LogP contribution < -0.4 is 10.1 Å². The Balaban J connectivity index is 1.25. The summed E-state index contributed by atoms with van der Waals surface area (Å²) in [6, 6.07) is 5.95. The van der Waals surface area contributed by atoms with Gasteiger partial charge in [0.25, 0.3) is 0 Å². The zero-order chi connectivity index (χ0) is 22.4. The van der Waals surface area contributed by atoms with Crippen LogP contribution in [-0.4, -0.2) is 57.8 Å². The predicted molar refractivity (Wildman–Crippen MR) is 128 cm³/mol. The summed E-state index contributed by atoms with van der Waals surface area (Å²) >= 11 is 1.58. The molecule has 0 aliphatic carbocycles. The van der Waals surface area contributed by atoms with Crippen LogP contribution in [0.25, 0.3) is 0 Å². The minimum absolute atomic E-state index is 0.0495. The quantitative estimate of drug-likeness (QED) is 0.226. The van der Waals surface area contributed by atoms with E-state index in [4.69, 9.17) is 4.74 Å². The van der Waals surface area contributed by atoms with Crippen LogP contribution in [0.15, 0.2) is 47.9 Å². The fraction of sp³-hybridized carbons (Fsp3) is 0.500. The monoisotopic (exact) mass is 455 g/mol. The van der Waals surface area contributed by atoms with Crippen molar-refractivity contribution in [1.29, 1.82) is 0 Å². The summed E-state index contributed by atoms with van der Waals surface area (Å²) in [4.78, 5) is 27.3. The van der Waals surface area contributed by atoms with Crippen LogP contribution in [0.1, 0.15) is 43.4 Å². The number of nitrogens with one attached hydrogen (secondary N) is 1. The highest BCUT2D eigenvalue weighted by Crippen LogP contribution is 2.16. The molecule has 8 heteroatoms. The number of hydrogen-bond acceptors (Lipinski definition) is 7. The van der Waals surface area contributed by atoms with Crippen LogP contribution in [0, 0.1) is 6.92 Å². The average Bonchev–Trinajstić information content (AvgIpc) is 2.80. The van der Waals surface area contributed by atoms with Gasteiger partial charge < -0.3 is 10.1 Å². The molecule has 0 radical (unpaired) electrons. The Morgan fingerprint density at radius 1 is 1.19 bits per heavy atom. The maximum atomic E-state index is 11.9. The number of carbonyl (C=O) groups is 1. The Hall–Kier alpha value is -2.45. The molecule has 3 rings (SSSR count). The molecular formula is C24H33N5O2S. The summed E-state index contributed by atoms with van der Waals surface area (Å²) in [5.41, 5.74) is 2.19. The molecule has 0 atom stereocenters. The van der Waals surface area contributed by atoms with Crippen LogP contribution in [0.4, 0.5) is 0 Å². The predicted octanol–water partition coefficient (Wildman–Crippen LogP) is 3.79. The van der Waals surface area contributed by atoms with Gasteiger partial charge >= 0.3 is 0 Å². The Morgan fingerprint density at radius 2 is 2.03 bits per heavy atom. The first-order valence-electron chi connectivity index (χ1n) is 11.3. The first-order valence-corrected chi connectivity index (χ1v) is 12.3. The Bertz CT molecular complexity index is 871. The highest BCUT2D eigenvalue weighted by molar-refractivity contribution is 7.99. The van der Waals surface area contributed by atoms with Gasteiger partial charge in [-0.2, -0.15) is 0 Å². The van der Waals surface area contributed by atoms with Crippen molar-refractivity contribution < 1.29 is 9.53 Å². The zero-order valence-electron chi connectivity index (χ0n) is 18.8. The lowest BCUT2D eigenvalue weighted by Crippen LogP contribution is -2.29. The van der Waals surface area contributed by atoms with Crippen LogP contribution in [0.2, 0.25) is 0 Å². The summed E-state index contributed by atoms with van der Waals surface area (Å²) in [7, 11) is 0. The summed E-state index contributed by atoms with van der Waals surface area (Å²) in [5, 5.41) is 3.66. The normalized spacial score (nSPS) is 14.5. The second-order valence-electron chi connectivity index (χ2n) is 7.86. The van der Waals surface area contributed by atoms with E-state index in [2.05, 4.69) is 31.2 Å². The standard InChI is InChI=1S/C24H33N5O2S/c1-20-9-12-27-24(28-20)32-17-7-8-22(30)25-11-3-6-16-31-23-18-21(10-13-26-23)19-29-14-4-2-5-15-29/h3,6,9-10,12-13,18H,2,4-5,7-8,11,14-17,19H2,1H3,(H,25,30). The number of thioether (sulfide) groups is 1. The molecule has 1 aliphatic heterocycles. The molecular weight excluding hydrogens is 422 g/mol. The number of piperidine rings is 1. The lowest BCUT2D eigenvalue weighted by Gasteiger charge is -2.26. The fourth-order valence-electron chi connectivity index (χ4n) is 3.44. The van der Waals surface area contributed by atoms with E-state index in [1.54, 1.807) is 18.0 Å². The Kier molecular flexibility index (Phi) is 10.5. The number of pyridine rings is 1. The van der Waals surface area contributed by atoms with Gasteiger partial charge in [-0.25, -0.2) is 15.0 Å². The lowest BCUT2D eigenvalue weighted by molar-refractivity contribution is -0.120. The number of amides is 1. The van der Waals surface area contributed by atoms with Gasteiger partial charge in [-0.3, -0.25) is 9.69 Å². The van der Waals surface area contributed by atoms with E-state index in [0.29, 0.717) is 25.5 Å². The van der Waals surface area contributed by atoms with Gasteiger partial charge in [-0.05, 0) is 63.0 Å². The van der Waals surface area contributed by atoms with E-state index in [1.807, 2.05) is 37.4 Å². The number of hydrogen-bond donors (Lipinski definition) is 1. The summed E-state index contributed by atoms with van der Waals surface area (Å²) in [5.74, 6) is 1.52. The van der Waals surface area contributed by atoms with Gasteiger partial charge in [0, 0.05) is 49.4 Å². The van der Waals surface area contributed by atoms with Crippen molar-refractivity contribution in [3.8, 4) is 5.88 Å². The molecule has 172 valence electrons. The number of aromatic nitrogens is 3. The van der Waals surface area contributed by atoms with Crippen molar-refractivity contribution in [3.05, 3.63) is 54.0 Å². The topological polar surface area (TPSA) is 80.2 Å². The van der Waals surface area contributed by atoms with Crippen LogP contribution in [0.5, 0.6) is 5.88 Å². The average molecular weight is 456 g/mol. The molecule has 1 saturated heterocycles. The largest absolute Gasteiger partial charge is 0.473 e. The maximum Gasteiger partial charge on any atom is 0.220 e. The van der Waals surface area contributed by atoms with E-state index in [9.17, 15) is 4.79 Å². The van der Waals surface area contributed by atoms with Gasteiger partial charge in [-0.15, -0.1) is 0 Å². The van der Waals surface area contributed by atoms with Crippen molar-refractivity contribution in [2.75, 3.05) is 32.0 Å². The summed E-state index contributed by atoms with van der Waals surface area (Å²) in [6.07, 6.45) is 12.6. The smallest absolute Gasteiger partial charge is 0.220 e. The van der Waals surface area contributed by atoms with Crippen LogP contribution in [-0.2, 0) is 11.3 Å². The molecule has 0 saturated carbocycles. The molecule has 2 aromatic heterocycles. The summed E-state index contributed by atoms with van der Waals surface area (Å²) in [6.45, 7) is 6.18. The van der Waals surface area contributed by atoms with Crippen molar-refractivity contribution in [3.63, 3.8) is 0 Å². The van der Waals surface area contributed by atoms with Gasteiger partial charge in [0.2, 0.25) is 11.8 Å². The van der Waals surface area contributed by atoms with Gasteiger partial charge in [0.05, 0.1) is 0 Å². The molecule has 0 spiro atoms. The molecule has 3 heterocycles. The molecule has 0 unspecified atom stereocenters. The first kappa shape index (κ1) is 24.2. The van der Waals surface area contributed by atoms with Crippen molar-refractivity contribution >= 4 is 17.7 Å². The number of likely N-dealkylation sites (tertiary alicyclic amines) is 1. The molecule has 7 nitrogen and oxygen atoms in total. The van der Waals surface area contributed by atoms with Gasteiger partial charge in [0.1, 0.15) is 6.61 Å². The third-order valence-electron chi connectivity index (χ3n) is 5.12. The Morgan fingerprint density at radius 3 is 2.88 bits per heavy atom. The van der Waals surface area contributed by atoms with E-state index in [0.717, 1.165) is 29.6 Å². The number of ether oxygens (including phenoxy) is 1. The third kappa shape index (κ3) is 9.36. The Labute approximate surface area is 195 Å². The molecule has 1 fully saturated rings. The first-order chi connectivity index (χ1) is 15.7. The molecule has 0 bridgehead atoms. The minimum atomic E-state index is 0.0495. The highest BCUT2D eigenvalue weighted by Gasteiger charge is 2.10. The second kappa shape index (κ2) is 13.9. The van der Waals surface area contributed by atoms with Crippen molar-refractivity contribution in [1.82, 2.24) is 25.2 Å². The second-order valence-corrected chi connectivity index (χ2v) is 8.92. The van der Waals surface area contributed by atoms with Gasteiger partial charge in [0.15, 0.2) is 5.16 Å². The third-order valence-corrected chi connectivity index (χ3v) is 6.07. The number of carbonyl (C=O) groups excluding carboxylic acids is 1. The lowest BCUT2D eigenvalue weighted by atomic mass is 10.1. The molecule has 2 aromatic rings. The SMILES string of the molecule is Cc1ccnc(SCCCC(=O)NCC=CCOc2cc(CN3CCCCC3)ccn2)n1. The molecule has 0 aromatic carbocycles. The number of nitrogens with zero attached hydrogens (tertiary/aromatic N) is 4. The van der Waals surface area contributed by atoms with E-state index in [-0.39, 0.29) is 5.91 Å². The number of rotatable bonds is 12. The van der Waals surface area contributed by atoms with Crippen molar-refractivity contribution in [2.24, 2.45) is 0 Å². The fourth-order valence-corrected chi connectivity index (χ4v) is 4.26. The molecule has 1 N–H and O–H groups in total. The van der Waals surface area contributed by atoms with Crippen LogP contribution in [0.3, 0.4) is 0 Å². The van der Waals surface area contributed by atoms with Crippen molar-refractivity contribution in [2.45, 2.75) is 50.7 Å². The van der Waals surface area contributed by atoms with E-state index in [1.165, 1.54) is 37.9 Å².